The lowest BCUT2D eigenvalue weighted by Crippen LogP contribution is -2.44. The van der Waals surface area contributed by atoms with Crippen LogP contribution in [0.25, 0.3) is 10.9 Å². The summed E-state index contributed by atoms with van der Waals surface area (Å²) in [7, 11) is 4.06. The molecule has 7 heteroatoms. The van der Waals surface area contributed by atoms with Gasteiger partial charge in [-0.15, -0.1) is 0 Å². The monoisotopic (exact) mass is 482 g/mol. The van der Waals surface area contributed by atoms with E-state index in [4.69, 9.17) is 11.6 Å². The Labute approximate surface area is 206 Å². The van der Waals surface area contributed by atoms with Crippen molar-refractivity contribution in [2.75, 3.05) is 33.7 Å². The molecule has 3 aromatic rings. The van der Waals surface area contributed by atoms with Crippen molar-refractivity contribution in [1.29, 1.82) is 0 Å². The number of piperidine rings is 1. The Hall–Kier alpha value is -2.38. The zero-order valence-electron chi connectivity index (χ0n) is 20.2. The molecule has 4 rings (SSSR count). The number of carbonyl (C=O) groups is 1. The predicted octanol–water partition coefficient (Wildman–Crippen LogP) is 4.24. The Morgan fingerprint density at radius 3 is 2.74 bits per heavy atom. The highest BCUT2D eigenvalue weighted by Crippen LogP contribution is 2.26. The fraction of sp³-hybridized carbons (Fsp3) is 0.444. The SMILES string of the molecule is C[C@H](Cc1c[nH]c2c(C(=O)N(C)C3CCN(C)CC3)cccc12)NC[C@H](O)c1cccc(Cl)c1. The number of aliphatic hydroxyl groups excluding tert-OH is 1. The van der Waals surface area contributed by atoms with Crippen LogP contribution in [-0.2, 0) is 6.42 Å². The number of aromatic amines is 1. The maximum Gasteiger partial charge on any atom is 0.255 e. The third-order valence-corrected chi connectivity index (χ3v) is 7.24. The van der Waals surface area contributed by atoms with Gasteiger partial charge in [0.25, 0.3) is 5.91 Å². The van der Waals surface area contributed by atoms with Crippen LogP contribution in [-0.4, -0.2) is 71.6 Å². The maximum absolute atomic E-state index is 13.3. The van der Waals surface area contributed by atoms with E-state index in [1.54, 1.807) is 12.1 Å². The predicted molar refractivity (Wildman–Crippen MR) is 138 cm³/mol. The van der Waals surface area contributed by atoms with Crippen molar-refractivity contribution in [3.05, 3.63) is 70.4 Å². The van der Waals surface area contributed by atoms with Gasteiger partial charge in [-0.3, -0.25) is 4.79 Å². The molecule has 1 aliphatic rings. The summed E-state index contributed by atoms with van der Waals surface area (Å²) >= 11 is 6.04. The van der Waals surface area contributed by atoms with Gasteiger partial charge in [0.1, 0.15) is 0 Å². The average Bonchev–Trinajstić information content (AvgIpc) is 3.25. The number of likely N-dealkylation sites (tertiary alicyclic amines) is 1. The molecule has 1 aromatic heterocycles. The van der Waals surface area contributed by atoms with Gasteiger partial charge in [-0.05, 0) is 75.6 Å². The molecule has 0 unspecified atom stereocenters. The van der Waals surface area contributed by atoms with Gasteiger partial charge in [0, 0.05) is 42.3 Å². The van der Waals surface area contributed by atoms with Crippen LogP contribution in [0.5, 0.6) is 0 Å². The van der Waals surface area contributed by atoms with Crippen molar-refractivity contribution in [2.45, 2.75) is 44.4 Å². The molecule has 2 aromatic carbocycles. The normalized spacial score (nSPS) is 17.1. The second-order valence-electron chi connectivity index (χ2n) is 9.58. The Bertz CT molecular complexity index is 1120. The van der Waals surface area contributed by atoms with Gasteiger partial charge >= 0.3 is 0 Å². The largest absolute Gasteiger partial charge is 0.387 e. The smallest absolute Gasteiger partial charge is 0.255 e. The van der Waals surface area contributed by atoms with Crippen LogP contribution in [0, 0.1) is 0 Å². The highest BCUT2D eigenvalue weighted by molar-refractivity contribution is 6.30. The van der Waals surface area contributed by atoms with E-state index in [2.05, 4.69) is 35.2 Å². The first kappa shape index (κ1) is 24.7. The molecule has 0 aliphatic carbocycles. The number of rotatable bonds is 8. The molecule has 34 heavy (non-hydrogen) atoms. The number of benzene rings is 2. The van der Waals surface area contributed by atoms with Gasteiger partial charge < -0.3 is 25.2 Å². The lowest BCUT2D eigenvalue weighted by molar-refractivity contribution is 0.0661. The topological polar surface area (TPSA) is 71.6 Å². The minimum absolute atomic E-state index is 0.0735. The number of H-pyrrole nitrogens is 1. The molecular formula is C27H35ClN4O2. The van der Waals surface area contributed by atoms with Crippen LogP contribution in [0.4, 0.5) is 0 Å². The molecule has 0 bridgehead atoms. The van der Waals surface area contributed by atoms with E-state index in [9.17, 15) is 9.90 Å². The van der Waals surface area contributed by atoms with Crippen LogP contribution >= 0.6 is 11.6 Å². The summed E-state index contributed by atoms with van der Waals surface area (Å²) in [5, 5.41) is 15.6. The first-order valence-corrected chi connectivity index (χ1v) is 12.4. The number of nitrogens with zero attached hydrogens (tertiary/aromatic N) is 2. The molecule has 182 valence electrons. The Balaban J connectivity index is 1.41. The number of halogens is 1. The molecule has 1 aliphatic heterocycles. The van der Waals surface area contributed by atoms with Crippen molar-refractivity contribution >= 4 is 28.4 Å². The van der Waals surface area contributed by atoms with Crippen molar-refractivity contribution in [2.24, 2.45) is 0 Å². The first-order valence-electron chi connectivity index (χ1n) is 12.0. The number of hydrogen-bond acceptors (Lipinski definition) is 4. The third-order valence-electron chi connectivity index (χ3n) is 7.01. The second kappa shape index (κ2) is 10.9. The summed E-state index contributed by atoms with van der Waals surface area (Å²) in [5.74, 6) is 0.0735. The molecular weight excluding hydrogens is 448 g/mol. The van der Waals surface area contributed by atoms with Gasteiger partial charge in [0.15, 0.2) is 0 Å². The summed E-state index contributed by atoms with van der Waals surface area (Å²) in [4.78, 5) is 20.9. The van der Waals surface area contributed by atoms with E-state index in [1.165, 1.54) is 0 Å². The quantitative estimate of drug-likeness (QED) is 0.449. The molecule has 1 fully saturated rings. The molecule has 2 atom stereocenters. The van der Waals surface area contributed by atoms with Gasteiger partial charge in [-0.2, -0.15) is 0 Å². The van der Waals surface area contributed by atoms with E-state index >= 15 is 0 Å². The zero-order chi connectivity index (χ0) is 24.2. The van der Waals surface area contributed by atoms with E-state index in [1.807, 2.05) is 42.4 Å². The summed E-state index contributed by atoms with van der Waals surface area (Å²) < 4.78 is 0. The molecule has 0 saturated carbocycles. The number of carbonyl (C=O) groups excluding carboxylic acids is 1. The van der Waals surface area contributed by atoms with E-state index < -0.39 is 6.10 Å². The molecule has 2 heterocycles. The van der Waals surface area contributed by atoms with Gasteiger partial charge in [0.2, 0.25) is 0 Å². The van der Waals surface area contributed by atoms with Crippen LogP contribution in [0.1, 0.15) is 47.4 Å². The third kappa shape index (κ3) is 5.63. The Kier molecular flexibility index (Phi) is 7.94. The molecule has 0 radical (unpaired) electrons. The van der Waals surface area contributed by atoms with Crippen molar-refractivity contribution in [1.82, 2.24) is 20.1 Å². The van der Waals surface area contributed by atoms with Gasteiger partial charge in [-0.1, -0.05) is 35.9 Å². The highest BCUT2D eigenvalue weighted by atomic mass is 35.5. The number of fused-ring (bicyclic) bond motifs is 1. The minimum Gasteiger partial charge on any atom is -0.387 e. The van der Waals surface area contributed by atoms with Crippen molar-refractivity contribution in [3.8, 4) is 0 Å². The van der Waals surface area contributed by atoms with Gasteiger partial charge in [-0.25, -0.2) is 0 Å². The number of nitrogens with one attached hydrogen (secondary N) is 2. The molecule has 1 saturated heterocycles. The van der Waals surface area contributed by atoms with E-state index in [-0.39, 0.29) is 18.0 Å². The average molecular weight is 483 g/mol. The molecule has 3 N–H and O–H groups in total. The number of aliphatic hydroxyl groups is 1. The molecule has 0 spiro atoms. The summed E-state index contributed by atoms with van der Waals surface area (Å²) in [6.45, 7) is 4.59. The highest BCUT2D eigenvalue weighted by Gasteiger charge is 2.26. The van der Waals surface area contributed by atoms with Crippen LogP contribution in [0.15, 0.2) is 48.7 Å². The number of hydrogen-bond donors (Lipinski definition) is 3. The van der Waals surface area contributed by atoms with E-state index in [0.29, 0.717) is 11.6 Å². The minimum atomic E-state index is -0.622. The van der Waals surface area contributed by atoms with Crippen molar-refractivity contribution in [3.63, 3.8) is 0 Å². The van der Waals surface area contributed by atoms with E-state index in [0.717, 1.165) is 59.9 Å². The summed E-state index contributed by atoms with van der Waals surface area (Å²) in [6, 6.07) is 13.7. The standard InChI is InChI=1S/C27H35ClN4O2/c1-18(29-17-25(33)19-6-4-7-21(28)15-19)14-20-16-30-26-23(20)8-5-9-24(26)27(34)32(3)22-10-12-31(2)13-11-22/h4-9,15-16,18,22,25,29-30,33H,10-14,17H2,1-3H3/t18-,25+/m1/s1. The number of aromatic nitrogens is 1. The van der Waals surface area contributed by atoms with Crippen LogP contribution in [0.2, 0.25) is 5.02 Å². The number of para-hydroxylation sites is 1. The fourth-order valence-electron chi connectivity index (χ4n) is 4.84. The summed E-state index contributed by atoms with van der Waals surface area (Å²) in [6.07, 6.45) is 4.18. The Morgan fingerprint density at radius 2 is 2.00 bits per heavy atom. The van der Waals surface area contributed by atoms with Crippen LogP contribution in [0.3, 0.4) is 0 Å². The molecule has 1 amide bonds. The lowest BCUT2D eigenvalue weighted by Gasteiger charge is -2.35. The summed E-state index contributed by atoms with van der Waals surface area (Å²) in [5.41, 5.74) is 3.58. The van der Waals surface area contributed by atoms with Crippen molar-refractivity contribution < 1.29 is 9.90 Å². The first-order chi connectivity index (χ1) is 16.3. The lowest BCUT2D eigenvalue weighted by atomic mass is 10.0. The molecule has 6 nitrogen and oxygen atoms in total. The fourth-order valence-corrected chi connectivity index (χ4v) is 5.04. The number of amides is 1. The second-order valence-corrected chi connectivity index (χ2v) is 10.0. The Morgan fingerprint density at radius 1 is 1.26 bits per heavy atom. The van der Waals surface area contributed by atoms with Gasteiger partial charge in [0.05, 0.1) is 17.2 Å². The maximum atomic E-state index is 13.3. The van der Waals surface area contributed by atoms with Crippen LogP contribution < -0.4 is 5.32 Å². The zero-order valence-corrected chi connectivity index (χ0v) is 21.0.